The van der Waals surface area contributed by atoms with Crippen LogP contribution in [-0.4, -0.2) is 62.9 Å². The van der Waals surface area contributed by atoms with Gasteiger partial charge in [-0.3, -0.25) is 4.79 Å². The minimum Gasteiger partial charge on any atom is -0.493 e. The number of sulfone groups is 1. The van der Waals surface area contributed by atoms with Crippen LogP contribution >= 0.6 is 11.8 Å². The van der Waals surface area contributed by atoms with E-state index in [2.05, 4.69) is 9.73 Å². The summed E-state index contributed by atoms with van der Waals surface area (Å²) in [4.78, 5) is 18.6. The first kappa shape index (κ1) is 25.2. The van der Waals surface area contributed by atoms with Crippen LogP contribution in [0, 0.1) is 0 Å². The monoisotopic (exact) mass is 530 g/mol. The topological polar surface area (TPSA) is 94.5 Å². The average Bonchev–Trinajstić information content (AvgIpc) is 3.23. The highest BCUT2D eigenvalue weighted by Crippen LogP contribution is 2.41. The largest absolute Gasteiger partial charge is 0.573 e. The quantitative estimate of drug-likeness (QED) is 0.561. The van der Waals surface area contributed by atoms with Crippen molar-refractivity contribution in [2.75, 3.05) is 30.6 Å². The van der Waals surface area contributed by atoms with Gasteiger partial charge in [0, 0.05) is 10.9 Å². The Morgan fingerprint density at radius 2 is 1.77 bits per heavy atom. The van der Waals surface area contributed by atoms with E-state index in [0.29, 0.717) is 27.9 Å². The molecule has 0 saturated carbocycles. The normalized spacial score (nSPS) is 22.2. The Bertz CT molecular complexity index is 1250. The molecule has 0 radical (unpaired) electrons. The smallest absolute Gasteiger partial charge is 0.493 e. The molecule has 188 valence electrons. The van der Waals surface area contributed by atoms with Gasteiger partial charge in [0.25, 0.3) is 5.91 Å². The predicted molar refractivity (Wildman–Crippen MR) is 125 cm³/mol. The van der Waals surface area contributed by atoms with Crippen molar-refractivity contribution in [3.8, 4) is 17.2 Å². The summed E-state index contributed by atoms with van der Waals surface area (Å²) in [6.45, 7) is 0. The van der Waals surface area contributed by atoms with Gasteiger partial charge < -0.3 is 19.1 Å². The van der Waals surface area contributed by atoms with Gasteiger partial charge in [-0.2, -0.15) is 4.99 Å². The molecule has 4 rings (SSSR count). The molecule has 2 aliphatic rings. The van der Waals surface area contributed by atoms with E-state index >= 15 is 0 Å². The number of fused-ring (bicyclic) bond motifs is 1. The number of carbonyl (C=O) groups excluding carboxylic acids is 1. The highest BCUT2D eigenvalue weighted by atomic mass is 32.2. The lowest BCUT2D eigenvalue weighted by molar-refractivity contribution is -0.274. The molecule has 2 aromatic rings. The number of amides is 1. The van der Waals surface area contributed by atoms with Gasteiger partial charge >= 0.3 is 6.36 Å². The summed E-state index contributed by atoms with van der Waals surface area (Å²) in [6.07, 6.45) is -4.87. The van der Waals surface area contributed by atoms with Gasteiger partial charge in [-0.15, -0.1) is 13.2 Å². The lowest BCUT2D eigenvalue weighted by atomic mass is 10.1. The number of benzene rings is 2. The molecule has 8 nitrogen and oxygen atoms in total. The van der Waals surface area contributed by atoms with Crippen molar-refractivity contribution in [2.45, 2.75) is 24.1 Å². The maximum Gasteiger partial charge on any atom is 0.573 e. The lowest BCUT2D eigenvalue weighted by Crippen LogP contribution is -2.37. The fourth-order valence-corrected chi connectivity index (χ4v) is 7.92. The minimum absolute atomic E-state index is 0.0375. The first-order valence-corrected chi connectivity index (χ1v) is 13.0. The second-order valence-corrected chi connectivity index (χ2v) is 11.2. The van der Waals surface area contributed by atoms with Crippen LogP contribution in [0.4, 0.5) is 18.9 Å². The summed E-state index contributed by atoms with van der Waals surface area (Å²) in [5.74, 6) is -0.121. The Labute approximate surface area is 204 Å². The molecule has 0 unspecified atom stereocenters. The number of hydrogen-bond acceptors (Lipinski definition) is 7. The van der Waals surface area contributed by atoms with E-state index in [1.165, 1.54) is 38.1 Å². The zero-order valence-corrected chi connectivity index (χ0v) is 20.2. The molecule has 13 heteroatoms. The van der Waals surface area contributed by atoms with Crippen LogP contribution in [-0.2, 0) is 21.1 Å². The van der Waals surface area contributed by atoms with E-state index < -0.39 is 33.9 Å². The first-order chi connectivity index (χ1) is 16.5. The van der Waals surface area contributed by atoms with E-state index in [-0.39, 0.29) is 23.2 Å². The fraction of sp³-hybridized carbons (Fsp3) is 0.364. The van der Waals surface area contributed by atoms with Gasteiger partial charge in [0.05, 0.1) is 38.2 Å². The van der Waals surface area contributed by atoms with E-state index in [1.54, 1.807) is 23.1 Å². The number of hydrogen-bond donors (Lipinski definition) is 0. The van der Waals surface area contributed by atoms with Gasteiger partial charge in [-0.05, 0) is 42.0 Å². The Balaban J connectivity index is 1.60. The number of carbonyl (C=O) groups is 1. The maximum absolute atomic E-state index is 12.8. The summed E-state index contributed by atoms with van der Waals surface area (Å²) < 4.78 is 76.3. The van der Waals surface area contributed by atoms with E-state index in [9.17, 15) is 26.4 Å². The third kappa shape index (κ3) is 5.84. The first-order valence-electron chi connectivity index (χ1n) is 10.3. The Morgan fingerprint density at radius 3 is 2.40 bits per heavy atom. The van der Waals surface area contributed by atoms with Gasteiger partial charge in [0.2, 0.25) is 0 Å². The van der Waals surface area contributed by atoms with Crippen molar-refractivity contribution in [1.29, 1.82) is 0 Å². The number of alkyl halides is 3. The molecule has 2 aromatic carbocycles. The molecule has 1 amide bonds. The average molecular weight is 531 g/mol. The number of thioether (sulfide) groups is 1. The van der Waals surface area contributed by atoms with Crippen molar-refractivity contribution in [3.63, 3.8) is 0 Å². The minimum atomic E-state index is -4.83. The number of aliphatic imine (C=N–C) groups is 1. The Morgan fingerprint density at radius 1 is 1.09 bits per heavy atom. The van der Waals surface area contributed by atoms with Crippen molar-refractivity contribution < 1.29 is 40.6 Å². The SMILES string of the molecule is COc1ccc(CC(=O)N=C2S[C@H]3CS(=O)(=O)C[C@@H]3N2c2ccc(OC(F)(F)F)cc2)cc1OC. The fourth-order valence-electron chi connectivity index (χ4n) is 3.99. The molecule has 2 aliphatic heterocycles. The third-order valence-electron chi connectivity index (χ3n) is 5.44. The molecule has 2 saturated heterocycles. The molecule has 2 atom stereocenters. The van der Waals surface area contributed by atoms with Crippen molar-refractivity contribution >= 4 is 38.4 Å². The molecule has 2 heterocycles. The number of rotatable bonds is 6. The molecule has 0 N–H and O–H groups in total. The van der Waals surface area contributed by atoms with Gasteiger partial charge in [-0.25, -0.2) is 8.42 Å². The van der Waals surface area contributed by atoms with Crippen LogP contribution in [0.15, 0.2) is 47.5 Å². The van der Waals surface area contributed by atoms with E-state index in [1.807, 2.05) is 0 Å². The van der Waals surface area contributed by atoms with Crippen molar-refractivity contribution in [3.05, 3.63) is 48.0 Å². The zero-order chi connectivity index (χ0) is 25.4. The number of ether oxygens (including phenoxy) is 3. The number of anilines is 1. The maximum atomic E-state index is 12.8. The highest BCUT2D eigenvalue weighted by Gasteiger charge is 2.49. The number of methoxy groups -OCH3 is 2. The zero-order valence-electron chi connectivity index (χ0n) is 18.6. The van der Waals surface area contributed by atoms with Gasteiger partial charge in [0.15, 0.2) is 26.5 Å². The molecular weight excluding hydrogens is 509 g/mol. The molecule has 0 aliphatic carbocycles. The van der Waals surface area contributed by atoms with Crippen LogP contribution in [0.1, 0.15) is 5.56 Å². The van der Waals surface area contributed by atoms with Gasteiger partial charge in [0.1, 0.15) is 5.75 Å². The third-order valence-corrected chi connectivity index (χ3v) is 8.65. The summed E-state index contributed by atoms with van der Waals surface area (Å²) >= 11 is 1.17. The second kappa shape index (κ2) is 9.61. The number of halogens is 3. The Kier molecular flexibility index (Phi) is 6.91. The van der Waals surface area contributed by atoms with Crippen LogP contribution in [0.5, 0.6) is 17.2 Å². The lowest BCUT2D eigenvalue weighted by Gasteiger charge is -2.24. The summed E-state index contributed by atoms with van der Waals surface area (Å²) in [6, 6.07) is 9.57. The van der Waals surface area contributed by atoms with Crippen molar-refractivity contribution in [1.82, 2.24) is 0 Å². The van der Waals surface area contributed by atoms with Gasteiger partial charge in [-0.1, -0.05) is 17.8 Å². The van der Waals surface area contributed by atoms with Crippen LogP contribution < -0.4 is 19.1 Å². The number of amidine groups is 1. The van der Waals surface area contributed by atoms with E-state index in [0.717, 1.165) is 12.1 Å². The van der Waals surface area contributed by atoms with E-state index in [4.69, 9.17) is 9.47 Å². The molecule has 0 spiro atoms. The molecular formula is C22H21F3N2O6S2. The molecule has 0 aromatic heterocycles. The summed E-state index contributed by atoms with van der Waals surface area (Å²) in [5, 5.41) is -0.0522. The standard InChI is InChI=1S/C22H21F3N2O6S2/c1-31-17-8-3-13(9-18(17)32-2)10-20(28)26-21-27(16-11-35(29,30)12-19(16)34-21)14-4-6-15(7-5-14)33-22(23,24)25/h3-9,16,19H,10-12H2,1-2H3/t16-,19-/m0/s1. The molecule has 2 fully saturated rings. The summed E-state index contributed by atoms with van der Waals surface area (Å²) in [7, 11) is -0.315. The summed E-state index contributed by atoms with van der Waals surface area (Å²) in [5.41, 5.74) is 1.05. The van der Waals surface area contributed by atoms with Crippen LogP contribution in [0.3, 0.4) is 0 Å². The van der Waals surface area contributed by atoms with Crippen molar-refractivity contribution in [2.24, 2.45) is 4.99 Å². The number of nitrogens with zero attached hydrogens (tertiary/aromatic N) is 2. The molecule has 0 bridgehead atoms. The second-order valence-electron chi connectivity index (χ2n) is 7.87. The molecule has 35 heavy (non-hydrogen) atoms. The van der Waals surface area contributed by atoms with Crippen LogP contribution in [0.25, 0.3) is 0 Å². The Hall–Kier alpha value is -2.93. The predicted octanol–water partition coefficient (Wildman–Crippen LogP) is 3.45. The van der Waals surface area contributed by atoms with Crippen LogP contribution in [0.2, 0.25) is 0 Å². The highest BCUT2D eigenvalue weighted by molar-refractivity contribution is 8.16.